The van der Waals surface area contributed by atoms with Crippen LogP contribution < -0.4 is 10.2 Å². The SMILES string of the molecule is CC(=O)NC(CSc1ccc(C)cc1)C(=O)N1CCN(c2ccccc2F)CC1. The maximum atomic E-state index is 14.0. The van der Waals surface area contributed by atoms with Gasteiger partial charge in [-0.1, -0.05) is 29.8 Å². The molecule has 1 N–H and O–H groups in total. The third kappa shape index (κ3) is 5.73. The van der Waals surface area contributed by atoms with Gasteiger partial charge < -0.3 is 15.1 Å². The van der Waals surface area contributed by atoms with Crippen molar-refractivity contribution in [3.63, 3.8) is 0 Å². The zero-order valence-electron chi connectivity index (χ0n) is 16.7. The predicted molar refractivity (Wildman–Crippen MR) is 115 cm³/mol. The molecular weight excluding hydrogens is 389 g/mol. The van der Waals surface area contributed by atoms with Crippen molar-refractivity contribution in [3.05, 3.63) is 59.9 Å². The van der Waals surface area contributed by atoms with Crippen molar-refractivity contribution in [2.45, 2.75) is 24.8 Å². The number of nitrogens with one attached hydrogen (secondary N) is 1. The van der Waals surface area contributed by atoms with E-state index in [2.05, 4.69) is 5.32 Å². The van der Waals surface area contributed by atoms with E-state index < -0.39 is 6.04 Å². The zero-order valence-corrected chi connectivity index (χ0v) is 17.5. The topological polar surface area (TPSA) is 52.7 Å². The van der Waals surface area contributed by atoms with Gasteiger partial charge in [-0.15, -0.1) is 11.8 Å². The van der Waals surface area contributed by atoms with E-state index in [0.29, 0.717) is 37.6 Å². The smallest absolute Gasteiger partial charge is 0.246 e. The number of para-hydroxylation sites is 1. The molecule has 3 rings (SSSR count). The standard InChI is InChI=1S/C22H26FN3O2S/c1-16-7-9-18(10-8-16)29-15-20(24-17(2)27)22(28)26-13-11-25(12-14-26)21-6-4-3-5-19(21)23/h3-10,20H,11-15H2,1-2H3,(H,24,27). The van der Waals surface area contributed by atoms with Crippen molar-refractivity contribution >= 4 is 29.3 Å². The number of nitrogens with zero attached hydrogens (tertiary/aromatic N) is 2. The molecular formula is C22H26FN3O2S. The number of carbonyl (C=O) groups is 2. The monoisotopic (exact) mass is 415 g/mol. The number of thioether (sulfide) groups is 1. The minimum absolute atomic E-state index is 0.0898. The van der Waals surface area contributed by atoms with Crippen LogP contribution in [0.3, 0.4) is 0 Å². The second kappa shape index (κ2) is 9.78. The molecule has 29 heavy (non-hydrogen) atoms. The highest BCUT2D eigenvalue weighted by atomic mass is 32.2. The number of hydrogen-bond donors (Lipinski definition) is 1. The quantitative estimate of drug-likeness (QED) is 0.737. The van der Waals surface area contributed by atoms with Crippen molar-refractivity contribution in [1.82, 2.24) is 10.2 Å². The average molecular weight is 416 g/mol. The van der Waals surface area contributed by atoms with Crippen LogP contribution in [0.25, 0.3) is 0 Å². The summed E-state index contributed by atoms with van der Waals surface area (Å²) in [6, 6.07) is 14.2. The first kappa shape index (κ1) is 21.2. The molecule has 5 nitrogen and oxygen atoms in total. The van der Waals surface area contributed by atoms with Gasteiger partial charge in [0.15, 0.2) is 0 Å². The molecule has 1 unspecified atom stereocenters. The summed E-state index contributed by atoms with van der Waals surface area (Å²) in [6.45, 7) is 5.57. The summed E-state index contributed by atoms with van der Waals surface area (Å²) in [5, 5.41) is 2.79. The molecule has 0 aromatic heterocycles. The molecule has 0 spiro atoms. The van der Waals surface area contributed by atoms with Gasteiger partial charge in [0.1, 0.15) is 11.9 Å². The lowest BCUT2D eigenvalue weighted by Gasteiger charge is -2.37. The first-order chi connectivity index (χ1) is 13.9. The summed E-state index contributed by atoms with van der Waals surface area (Å²) in [7, 11) is 0. The molecule has 1 saturated heterocycles. The Labute approximate surface area is 175 Å². The number of rotatable bonds is 6. The molecule has 0 aliphatic carbocycles. The largest absolute Gasteiger partial charge is 0.366 e. The van der Waals surface area contributed by atoms with Gasteiger partial charge in [0, 0.05) is 43.8 Å². The Bertz CT molecular complexity index is 851. The highest BCUT2D eigenvalue weighted by molar-refractivity contribution is 7.99. The Hall–Kier alpha value is -2.54. The first-order valence-corrected chi connectivity index (χ1v) is 10.7. The lowest BCUT2D eigenvalue weighted by atomic mass is 10.2. The van der Waals surface area contributed by atoms with Gasteiger partial charge in [0.25, 0.3) is 0 Å². The molecule has 2 aromatic carbocycles. The lowest BCUT2D eigenvalue weighted by molar-refractivity contribution is -0.135. The second-order valence-corrected chi connectivity index (χ2v) is 8.23. The molecule has 1 aliphatic heterocycles. The highest BCUT2D eigenvalue weighted by Gasteiger charge is 2.28. The van der Waals surface area contributed by atoms with E-state index in [1.54, 1.807) is 28.8 Å². The summed E-state index contributed by atoms with van der Waals surface area (Å²) in [5.41, 5.74) is 1.74. The molecule has 1 fully saturated rings. The van der Waals surface area contributed by atoms with Crippen LogP contribution in [0, 0.1) is 12.7 Å². The Balaban J connectivity index is 1.60. The van der Waals surface area contributed by atoms with Crippen molar-refractivity contribution in [1.29, 1.82) is 0 Å². The minimum Gasteiger partial charge on any atom is -0.366 e. The Morgan fingerprint density at radius 1 is 1.07 bits per heavy atom. The van der Waals surface area contributed by atoms with Gasteiger partial charge >= 0.3 is 0 Å². The van der Waals surface area contributed by atoms with Crippen LogP contribution in [0.1, 0.15) is 12.5 Å². The summed E-state index contributed by atoms with van der Waals surface area (Å²) in [4.78, 5) is 29.4. The zero-order chi connectivity index (χ0) is 20.8. The second-order valence-electron chi connectivity index (χ2n) is 7.14. The van der Waals surface area contributed by atoms with Crippen molar-refractivity contribution < 1.29 is 14.0 Å². The van der Waals surface area contributed by atoms with Crippen LogP contribution in [-0.2, 0) is 9.59 Å². The molecule has 2 aromatic rings. The molecule has 154 valence electrons. The molecule has 1 aliphatic rings. The molecule has 0 saturated carbocycles. The highest BCUT2D eigenvalue weighted by Crippen LogP contribution is 2.22. The third-order valence-electron chi connectivity index (χ3n) is 4.90. The van der Waals surface area contributed by atoms with Crippen LogP contribution in [0.4, 0.5) is 10.1 Å². The van der Waals surface area contributed by atoms with Gasteiger partial charge in [-0.2, -0.15) is 0 Å². The molecule has 7 heteroatoms. The number of amides is 2. The van der Waals surface area contributed by atoms with Crippen LogP contribution in [0.15, 0.2) is 53.4 Å². The van der Waals surface area contributed by atoms with Crippen LogP contribution in [-0.4, -0.2) is 54.7 Å². The van der Waals surface area contributed by atoms with E-state index in [1.807, 2.05) is 42.2 Å². The predicted octanol–water partition coefficient (Wildman–Crippen LogP) is 3.08. The minimum atomic E-state index is -0.584. The number of aryl methyl sites for hydroxylation is 1. The van der Waals surface area contributed by atoms with Gasteiger partial charge in [-0.3, -0.25) is 9.59 Å². The maximum absolute atomic E-state index is 14.0. The van der Waals surface area contributed by atoms with Gasteiger partial charge in [0.05, 0.1) is 5.69 Å². The number of anilines is 1. The number of piperazine rings is 1. The number of hydrogen-bond acceptors (Lipinski definition) is 4. The van der Waals surface area contributed by atoms with E-state index in [1.165, 1.54) is 18.6 Å². The number of benzene rings is 2. The summed E-state index contributed by atoms with van der Waals surface area (Å²) >= 11 is 1.55. The number of carbonyl (C=O) groups excluding carboxylic acids is 2. The maximum Gasteiger partial charge on any atom is 0.246 e. The number of halogens is 1. The van der Waals surface area contributed by atoms with Crippen LogP contribution >= 0.6 is 11.8 Å². The summed E-state index contributed by atoms with van der Waals surface area (Å²) in [6.07, 6.45) is 0. The van der Waals surface area contributed by atoms with Crippen LogP contribution in [0.5, 0.6) is 0 Å². The first-order valence-electron chi connectivity index (χ1n) is 9.69. The fraction of sp³-hybridized carbons (Fsp3) is 0.364. The Morgan fingerprint density at radius 2 is 1.72 bits per heavy atom. The Morgan fingerprint density at radius 3 is 2.34 bits per heavy atom. The van der Waals surface area contributed by atoms with E-state index in [0.717, 1.165) is 4.90 Å². The summed E-state index contributed by atoms with van der Waals surface area (Å²) < 4.78 is 14.0. The lowest BCUT2D eigenvalue weighted by Crippen LogP contribution is -2.55. The molecule has 0 bridgehead atoms. The summed E-state index contributed by atoms with van der Waals surface area (Å²) in [5.74, 6) is -0.0987. The van der Waals surface area contributed by atoms with Crippen molar-refractivity contribution in [2.75, 3.05) is 36.8 Å². The molecule has 1 heterocycles. The van der Waals surface area contributed by atoms with Crippen molar-refractivity contribution in [2.24, 2.45) is 0 Å². The molecule has 0 radical (unpaired) electrons. The van der Waals surface area contributed by atoms with Crippen molar-refractivity contribution in [3.8, 4) is 0 Å². The van der Waals surface area contributed by atoms with E-state index in [9.17, 15) is 14.0 Å². The average Bonchev–Trinajstić information content (AvgIpc) is 2.72. The van der Waals surface area contributed by atoms with Crippen LogP contribution in [0.2, 0.25) is 0 Å². The molecule has 2 amide bonds. The van der Waals surface area contributed by atoms with E-state index in [4.69, 9.17) is 0 Å². The fourth-order valence-corrected chi connectivity index (χ4v) is 4.24. The Kier molecular flexibility index (Phi) is 7.14. The molecule has 1 atom stereocenters. The van der Waals surface area contributed by atoms with Gasteiger partial charge in [-0.25, -0.2) is 4.39 Å². The van der Waals surface area contributed by atoms with E-state index in [-0.39, 0.29) is 17.6 Å². The third-order valence-corrected chi connectivity index (χ3v) is 6.00. The van der Waals surface area contributed by atoms with Gasteiger partial charge in [-0.05, 0) is 31.2 Å². The normalized spacial score (nSPS) is 15.1. The fourth-order valence-electron chi connectivity index (χ4n) is 3.33. The van der Waals surface area contributed by atoms with E-state index >= 15 is 0 Å². The van der Waals surface area contributed by atoms with Gasteiger partial charge in [0.2, 0.25) is 11.8 Å².